The summed E-state index contributed by atoms with van der Waals surface area (Å²) in [5.41, 5.74) is 9.40. The van der Waals surface area contributed by atoms with Gasteiger partial charge in [0.05, 0.1) is 23.1 Å². The molecule has 0 bridgehead atoms. The SMILES string of the molecule is C=C/C(=C\C(=C/C)c1cc2c(-c3cc4c(-c5ccncc5)ccnc4[nH]3)n[nH]c2cn1)NC(=C)C1CCCC1. The predicted molar refractivity (Wildman–Crippen MR) is 158 cm³/mol. The lowest BCUT2D eigenvalue weighted by atomic mass is 10.0. The van der Waals surface area contributed by atoms with Crippen molar-refractivity contribution in [2.45, 2.75) is 32.6 Å². The maximum absolute atomic E-state index is 4.73. The molecule has 0 saturated heterocycles. The second-order valence-electron chi connectivity index (χ2n) is 9.91. The number of allylic oxidation sites excluding steroid dienone is 5. The zero-order valence-corrected chi connectivity index (χ0v) is 22.0. The number of hydrogen-bond acceptors (Lipinski definition) is 5. The van der Waals surface area contributed by atoms with Crippen molar-refractivity contribution in [3.8, 4) is 22.5 Å². The number of H-pyrrole nitrogens is 2. The number of rotatable bonds is 8. The van der Waals surface area contributed by atoms with Crippen LogP contribution in [-0.2, 0) is 0 Å². The standard InChI is InChI=1S/C32H31N7/c1-4-21(16-24(5-2)36-20(3)22-8-6-7-9-22)28-18-27-30(19-35-28)38-39-31(27)29-17-26-25(12-15-34-32(26)37-29)23-10-13-33-14-11-23/h4-5,10-19,22,36H,2-3,6-9H2,1H3,(H,34,37)(H,38,39)/b21-4+,24-16+. The minimum absolute atomic E-state index is 0.523. The van der Waals surface area contributed by atoms with Gasteiger partial charge in [-0.25, -0.2) is 4.98 Å². The van der Waals surface area contributed by atoms with E-state index in [0.29, 0.717) is 5.92 Å². The summed E-state index contributed by atoms with van der Waals surface area (Å²) in [4.78, 5) is 16.9. The molecule has 1 aliphatic carbocycles. The number of nitrogens with zero attached hydrogens (tertiary/aromatic N) is 4. The molecule has 0 unspecified atom stereocenters. The number of hydrogen-bond donors (Lipinski definition) is 3. The van der Waals surface area contributed by atoms with Crippen molar-refractivity contribution in [1.29, 1.82) is 0 Å². The topological polar surface area (TPSA) is 95.2 Å². The average molecular weight is 514 g/mol. The lowest BCUT2D eigenvalue weighted by Gasteiger charge is -2.16. The molecule has 0 aromatic carbocycles. The van der Waals surface area contributed by atoms with E-state index in [9.17, 15) is 0 Å². The molecule has 0 spiro atoms. The van der Waals surface area contributed by atoms with Crippen molar-refractivity contribution in [3.05, 3.63) is 104 Å². The summed E-state index contributed by atoms with van der Waals surface area (Å²) in [6.07, 6.45) is 18.2. The van der Waals surface area contributed by atoms with Crippen LogP contribution in [-0.4, -0.2) is 30.1 Å². The predicted octanol–water partition coefficient (Wildman–Crippen LogP) is 7.33. The van der Waals surface area contributed by atoms with Gasteiger partial charge in [0.25, 0.3) is 0 Å². The molecule has 0 atom stereocenters. The van der Waals surface area contributed by atoms with Gasteiger partial charge in [-0.05, 0) is 84.9 Å². The number of nitrogens with one attached hydrogen (secondary N) is 3. The van der Waals surface area contributed by atoms with E-state index in [1.54, 1.807) is 12.4 Å². The highest BCUT2D eigenvalue weighted by Crippen LogP contribution is 2.34. The first-order valence-electron chi connectivity index (χ1n) is 13.3. The minimum atomic E-state index is 0.523. The number of fused-ring (bicyclic) bond motifs is 2. The van der Waals surface area contributed by atoms with Gasteiger partial charge in [-0.1, -0.05) is 32.1 Å². The molecule has 7 heteroatoms. The second-order valence-corrected chi connectivity index (χ2v) is 9.91. The third-order valence-corrected chi connectivity index (χ3v) is 7.52. The van der Waals surface area contributed by atoms with Crippen LogP contribution < -0.4 is 5.32 Å². The van der Waals surface area contributed by atoms with Crippen LogP contribution in [0.25, 0.3) is 50.0 Å². The van der Waals surface area contributed by atoms with Crippen molar-refractivity contribution in [3.63, 3.8) is 0 Å². The van der Waals surface area contributed by atoms with Crippen LogP contribution in [0.1, 0.15) is 38.3 Å². The Bertz CT molecular complexity index is 1730. The summed E-state index contributed by atoms with van der Waals surface area (Å²) < 4.78 is 0. The van der Waals surface area contributed by atoms with Gasteiger partial charge in [0.2, 0.25) is 0 Å². The van der Waals surface area contributed by atoms with E-state index in [1.165, 1.54) is 25.7 Å². The Balaban J connectivity index is 1.35. The van der Waals surface area contributed by atoms with E-state index in [-0.39, 0.29) is 0 Å². The molecule has 5 aromatic rings. The minimum Gasteiger partial charge on any atom is -0.359 e. The average Bonchev–Trinajstić information content (AvgIpc) is 3.74. The molecule has 39 heavy (non-hydrogen) atoms. The number of pyridine rings is 3. The molecule has 0 aliphatic heterocycles. The van der Waals surface area contributed by atoms with Crippen LogP contribution >= 0.6 is 0 Å². The first-order chi connectivity index (χ1) is 19.1. The molecule has 3 N–H and O–H groups in total. The first-order valence-corrected chi connectivity index (χ1v) is 13.3. The maximum atomic E-state index is 4.73. The van der Waals surface area contributed by atoms with Crippen LogP contribution in [0.3, 0.4) is 0 Å². The highest BCUT2D eigenvalue weighted by molar-refractivity contribution is 6.00. The molecular formula is C32H31N7. The van der Waals surface area contributed by atoms with Crippen LogP contribution in [0, 0.1) is 5.92 Å². The zero-order chi connectivity index (χ0) is 26.8. The van der Waals surface area contributed by atoms with E-state index < -0.39 is 0 Å². The first kappa shape index (κ1) is 24.6. The van der Waals surface area contributed by atoms with Crippen molar-refractivity contribution < 1.29 is 0 Å². The fourth-order valence-corrected chi connectivity index (χ4v) is 5.40. The summed E-state index contributed by atoms with van der Waals surface area (Å²) in [6.45, 7) is 10.3. The van der Waals surface area contributed by atoms with Gasteiger partial charge in [-0.3, -0.25) is 15.1 Å². The summed E-state index contributed by atoms with van der Waals surface area (Å²) >= 11 is 0. The Morgan fingerprint density at radius 1 is 1.05 bits per heavy atom. The van der Waals surface area contributed by atoms with Gasteiger partial charge < -0.3 is 10.3 Å². The maximum Gasteiger partial charge on any atom is 0.138 e. The molecule has 5 heterocycles. The molecule has 6 rings (SSSR count). The molecule has 5 aromatic heterocycles. The highest BCUT2D eigenvalue weighted by atomic mass is 15.1. The smallest absolute Gasteiger partial charge is 0.138 e. The van der Waals surface area contributed by atoms with E-state index >= 15 is 0 Å². The summed E-state index contributed by atoms with van der Waals surface area (Å²) in [5, 5.41) is 13.3. The van der Waals surface area contributed by atoms with Crippen molar-refractivity contribution in [1.82, 2.24) is 35.5 Å². The van der Waals surface area contributed by atoms with Crippen molar-refractivity contribution in [2.75, 3.05) is 0 Å². The van der Waals surface area contributed by atoms with Gasteiger partial charge in [0.15, 0.2) is 0 Å². The molecule has 1 fully saturated rings. The Morgan fingerprint density at radius 3 is 2.64 bits per heavy atom. The highest BCUT2D eigenvalue weighted by Gasteiger charge is 2.19. The van der Waals surface area contributed by atoms with Gasteiger partial charge in [-0.15, -0.1) is 0 Å². The molecule has 0 radical (unpaired) electrons. The molecule has 0 amide bonds. The normalized spacial score (nSPS) is 14.8. The van der Waals surface area contributed by atoms with Crippen LogP contribution in [0.4, 0.5) is 0 Å². The van der Waals surface area contributed by atoms with Crippen LogP contribution in [0.5, 0.6) is 0 Å². The lowest BCUT2D eigenvalue weighted by molar-refractivity contribution is 0.607. The Kier molecular flexibility index (Phi) is 6.63. The van der Waals surface area contributed by atoms with E-state index in [2.05, 4.69) is 67.9 Å². The van der Waals surface area contributed by atoms with Crippen LogP contribution in [0.2, 0.25) is 0 Å². The van der Waals surface area contributed by atoms with E-state index in [0.717, 1.165) is 67.1 Å². The monoisotopic (exact) mass is 513 g/mol. The Morgan fingerprint density at radius 2 is 1.87 bits per heavy atom. The third kappa shape index (κ3) is 4.79. The van der Waals surface area contributed by atoms with Gasteiger partial charge in [0, 0.05) is 40.8 Å². The van der Waals surface area contributed by atoms with Crippen molar-refractivity contribution in [2.24, 2.45) is 5.92 Å². The Hall–Kier alpha value is -4.78. The molecular weight excluding hydrogens is 482 g/mol. The van der Waals surface area contributed by atoms with Crippen LogP contribution in [0.15, 0.2) is 97.9 Å². The molecule has 7 nitrogen and oxygen atoms in total. The molecule has 1 saturated carbocycles. The molecule has 194 valence electrons. The van der Waals surface area contributed by atoms with E-state index in [1.807, 2.05) is 43.6 Å². The summed E-state index contributed by atoms with van der Waals surface area (Å²) in [6, 6.07) is 10.2. The second kappa shape index (κ2) is 10.5. The van der Waals surface area contributed by atoms with E-state index in [4.69, 9.17) is 4.98 Å². The summed E-state index contributed by atoms with van der Waals surface area (Å²) in [5.74, 6) is 0.523. The zero-order valence-electron chi connectivity index (χ0n) is 22.0. The fraction of sp³-hybridized carbons (Fsp3) is 0.188. The van der Waals surface area contributed by atoms with Crippen molar-refractivity contribution >= 4 is 27.5 Å². The Labute approximate surface area is 227 Å². The van der Waals surface area contributed by atoms with Gasteiger partial charge in [-0.2, -0.15) is 5.10 Å². The number of aromatic amines is 2. The van der Waals surface area contributed by atoms with Gasteiger partial charge >= 0.3 is 0 Å². The summed E-state index contributed by atoms with van der Waals surface area (Å²) in [7, 11) is 0. The quantitative estimate of drug-likeness (QED) is 0.189. The lowest BCUT2D eigenvalue weighted by Crippen LogP contribution is -2.16. The van der Waals surface area contributed by atoms with Gasteiger partial charge in [0.1, 0.15) is 11.3 Å². The molecule has 1 aliphatic rings. The largest absolute Gasteiger partial charge is 0.359 e. The fourth-order valence-electron chi connectivity index (χ4n) is 5.40. The number of aromatic nitrogens is 6. The third-order valence-electron chi connectivity index (χ3n) is 7.52.